The highest BCUT2D eigenvalue weighted by atomic mass is 35.5. The number of anilines is 1. The Bertz CT molecular complexity index is 3040. The van der Waals surface area contributed by atoms with Gasteiger partial charge in [-0.05, 0) is 114 Å². The van der Waals surface area contributed by atoms with Gasteiger partial charge in [-0.3, -0.25) is 13.6 Å². The molecule has 6 aromatic heterocycles. The molecule has 10 nitrogen and oxygen atoms in total. The molecule has 3 aromatic carbocycles. The Balaban J connectivity index is 1.01. The molecule has 1 unspecified atom stereocenters. The van der Waals surface area contributed by atoms with Crippen LogP contribution in [0.5, 0.6) is 0 Å². The molecule has 0 fully saturated rings. The number of amides is 1. The fourth-order valence-electron chi connectivity index (χ4n) is 7.10. The number of aromatic nitrogens is 6. The normalized spacial score (nSPS) is 11.9. The van der Waals surface area contributed by atoms with E-state index in [4.69, 9.17) is 27.3 Å². The van der Waals surface area contributed by atoms with Gasteiger partial charge in [0.15, 0.2) is 0 Å². The van der Waals surface area contributed by atoms with Gasteiger partial charge in [0, 0.05) is 65.4 Å². The van der Waals surface area contributed by atoms with Gasteiger partial charge in [-0.25, -0.2) is 28.7 Å². The van der Waals surface area contributed by atoms with E-state index >= 15 is 0 Å². The minimum Gasteiger partial charge on any atom is -0.373 e. The second kappa shape index (κ2) is 15.2. The molecule has 59 heavy (non-hydrogen) atoms. The average molecular weight is 802 g/mol. The zero-order valence-electron chi connectivity index (χ0n) is 31.7. The highest BCUT2D eigenvalue weighted by Gasteiger charge is 2.23. The molecule has 0 aliphatic heterocycles. The van der Waals surface area contributed by atoms with Crippen molar-refractivity contribution in [1.82, 2.24) is 33.6 Å². The van der Waals surface area contributed by atoms with Crippen LogP contribution >= 0.6 is 11.6 Å². The summed E-state index contributed by atoms with van der Waals surface area (Å²) in [4.78, 5) is 34.4. The molecule has 13 heteroatoms. The van der Waals surface area contributed by atoms with Crippen LogP contribution < -0.4 is 11.1 Å². The van der Waals surface area contributed by atoms with Crippen LogP contribution in [0.3, 0.4) is 0 Å². The quantitative estimate of drug-likeness (QED) is 0.140. The Morgan fingerprint density at radius 2 is 1.25 bits per heavy atom. The predicted octanol–water partition coefficient (Wildman–Crippen LogP) is 9.81. The first-order valence-corrected chi connectivity index (χ1v) is 19.0. The number of pyridine rings is 4. The van der Waals surface area contributed by atoms with Crippen LogP contribution in [0.25, 0.3) is 67.5 Å². The van der Waals surface area contributed by atoms with Crippen molar-refractivity contribution in [1.29, 1.82) is 0 Å². The molecule has 0 aliphatic rings. The van der Waals surface area contributed by atoms with Crippen molar-refractivity contribution >= 4 is 34.6 Å². The van der Waals surface area contributed by atoms with E-state index in [2.05, 4.69) is 15.3 Å². The number of imidazole rings is 2. The lowest BCUT2D eigenvalue weighted by atomic mass is 10.0. The number of rotatable bonds is 9. The SMILES string of the molecule is CNc1cc(-c2cnc3cc(-c4cccc(C(=O)N(C)C(N)c5cc(-c6cnc7cc(Cl)ccn67)cc(-c6ccc(F)cc6)n5)c4)ccn23)cc(-c2ccc(F)cc2)n1. The number of nitrogens with one attached hydrogen (secondary N) is 1. The summed E-state index contributed by atoms with van der Waals surface area (Å²) in [5, 5.41) is 3.68. The fraction of sp³-hybridized carbons (Fsp3) is 0.0652. The molecule has 1 atom stereocenters. The maximum Gasteiger partial charge on any atom is 0.255 e. The van der Waals surface area contributed by atoms with Crippen molar-refractivity contribution < 1.29 is 13.6 Å². The van der Waals surface area contributed by atoms with Gasteiger partial charge in [0.2, 0.25) is 0 Å². The Labute approximate surface area is 342 Å². The van der Waals surface area contributed by atoms with Crippen LogP contribution in [0.4, 0.5) is 14.6 Å². The van der Waals surface area contributed by atoms with Crippen molar-refractivity contribution in [3.63, 3.8) is 0 Å². The lowest BCUT2D eigenvalue weighted by Crippen LogP contribution is -2.37. The maximum absolute atomic E-state index is 14.1. The van der Waals surface area contributed by atoms with Crippen molar-refractivity contribution in [2.24, 2.45) is 5.73 Å². The largest absolute Gasteiger partial charge is 0.373 e. The van der Waals surface area contributed by atoms with Crippen LogP contribution in [0.2, 0.25) is 5.02 Å². The zero-order valence-corrected chi connectivity index (χ0v) is 32.4. The van der Waals surface area contributed by atoms with E-state index in [0.717, 1.165) is 39.2 Å². The number of hydrogen-bond donors (Lipinski definition) is 2. The molecule has 6 heterocycles. The molecule has 0 saturated heterocycles. The number of carbonyl (C=O) groups excluding carboxylic acids is 1. The van der Waals surface area contributed by atoms with E-state index in [1.165, 1.54) is 29.2 Å². The van der Waals surface area contributed by atoms with Crippen LogP contribution in [0.15, 0.2) is 146 Å². The lowest BCUT2D eigenvalue weighted by molar-refractivity contribution is 0.0731. The second-order valence-corrected chi connectivity index (χ2v) is 14.4. The third kappa shape index (κ3) is 7.27. The number of nitrogens with two attached hydrogens (primary N) is 1. The van der Waals surface area contributed by atoms with Crippen molar-refractivity contribution in [2.75, 3.05) is 19.4 Å². The Kier molecular flexibility index (Phi) is 9.63. The molecule has 9 rings (SSSR count). The Hall–Kier alpha value is -7.28. The van der Waals surface area contributed by atoms with Gasteiger partial charge >= 0.3 is 0 Å². The third-order valence-corrected chi connectivity index (χ3v) is 10.5. The molecule has 290 valence electrons. The summed E-state index contributed by atoms with van der Waals surface area (Å²) in [6.45, 7) is 0. The van der Waals surface area contributed by atoms with E-state index in [1.807, 2.05) is 75.8 Å². The molecule has 0 radical (unpaired) electrons. The van der Waals surface area contributed by atoms with Gasteiger partial charge in [-0.2, -0.15) is 0 Å². The maximum atomic E-state index is 14.1. The first kappa shape index (κ1) is 37.3. The molecule has 1 amide bonds. The molecular formula is C46H34ClF2N9O. The number of halogens is 3. The number of benzene rings is 3. The van der Waals surface area contributed by atoms with Gasteiger partial charge in [0.25, 0.3) is 5.91 Å². The minimum atomic E-state index is -0.946. The smallest absolute Gasteiger partial charge is 0.255 e. The molecule has 0 saturated carbocycles. The van der Waals surface area contributed by atoms with E-state index in [9.17, 15) is 13.6 Å². The second-order valence-electron chi connectivity index (χ2n) is 14.0. The highest BCUT2D eigenvalue weighted by Crippen LogP contribution is 2.33. The highest BCUT2D eigenvalue weighted by molar-refractivity contribution is 6.30. The summed E-state index contributed by atoms with van der Waals surface area (Å²) in [5.74, 6) is -0.327. The van der Waals surface area contributed by atoms with E-state index in [0.29, 0.717) is 50.3 Å². The summed E-state index contributed by atoms with van der Waals surface area (Å²) in [6, 6.07) is 34.7. The fourth-order valence-corrected chi connectivity index (χ4v) is 7.25. The Morgan fingerprint density at radius 1 is 0.678 bits per heavy atom. The summed E-state index contributed by atoms with van der Waals surface area (Å²) >= 11 is 6.23. The van der Waals surface area contributed by atoms with E-state index in [-0.39, 0.29) is 17.5 Å². The van der Waals surface area contributed by atoms with Gasteiger partial charge in [-0.1, -0.05) is 23.7 Å². The van der Waals surface area contributed by atoms with E-state index < -0.39 is 6.17 Å². The number of fused-ring (bicyclic) bond motifs is 2. The molecule has 0 bridgehead atoms. The summed E-state index contributed by atoms with van der Waals surface area (Å²) in [7, 11) is 3.44. The van der Waals surface area contributed by atoms with Gasteiger partial charge < -0.3 is 16.0 Å². The molecular weight excluding hydrogens is 768 g/mol. The third-order valence-electron chi connectivity index (χ3n) is 10.3. The van der Waals surface area contributed by atoms with Gasteiger partial charge in [0.1, 0.15) is 34.9 Å². The number of nitrogens with zero attached hydrogens (tertiary/aromatic N) is 7. The average Bonchev–Trinajstić information content (AvgIpc) is 3.90. The summed E-state index contributed by atoms with van der Waals surface area (Å²) in [5.41, 5.74) is 16.7. The van der Waals surface area contributed by atoms with E-state index in [1.54, 1.807) is 69.0 Å². The minimum absolute atomic E-state index is 0.307. The topological polar surface area (TPSA) is 119 Å². The summed E-state index contributed by atoms with van der Waals surface area (Å²) in [6.07, 6.45) is 6.36. The molecule has 3 N–H and O–H groups in total. The van der Waals surface area contributed by atoms with Crippen LogP contribution in [0, 0.1) is 11.6 Å². The van der Waals surface area contributed by atoms with Crippen molar-refractivity contribution in [3.8, 4) is 56.2 Å². The summed E-state index contributed by atoms with van der Waals surface area (Å²) < 4.78 is 31.5. The molecule has 0 spiro atoms. The predicted molar refractivity (Wildman–Crippen MR) is 227 cm³/mol. The zero-order chi connectivity index (χ0) is 40.8. The number of hydrogen-bond acceptors (Lipinski definition) is 7. The Morgan fingerprint density at radius 3 is 1.90 bits per heavy atom. The lowest BCUT2D eigenvalue weighted by Gasteiger charge is -2.25. The van der Waals surface area contributed by atoms with Crippen LogP contribution in [-0.4, -0.2) is 53.6 Å². The van der Waals surface area contributed by atoms with Gasteiger partial charge in [-0.15, -0.1) is 0 Å². The first-order valence-electron chi connectivity index (χ1n) is 18.6. The van der Waals surface area contributed by atoms with Crippen LogP contribution in [0.1, 0.15) is 22.2 Å². The van der Waals surface area contributed by atoms with Crippen LogP contribution in [-0.2, 0) is 0 Å². The number of carbonyl (C=O) groups is 1. The van der Waals surface area contributed by atoms with Gasteiger partial charge in [0.05, 0.1) is 40.9 Å². The van der Waals surface area contributed by atoms with Crippen molar-refractivity contribution in [3.05, 3.63) is 174 Å². The standard InChI is InChI=1S/C46H34ClF2N9O/c1-51-42-22-33(20-38(55-42)28-8-12-36(49)13-9-28)41-26-52-43-23-30(14-16-57(41)43)29-4-3-5-31(18-29)46(59)56(2)45(50)39-21-32(19-37(54-39)27-6-10-35(48)11-7-27)40-25-53-44-24-34(47)15-17-58(40)44/h3-26,45H,50H2,1-2H3,(H,51,55). The monoisotopic (exact) mass is 801 g/mol. The first-order chi connectivity index (χ1) is 28.6. The van der Waals surface area contributed by atoms with Crippen molar-refractivity contribution in [2.45, 2.75) is 6.17 Å². The molecule has 9 aromatic rings. The molecule has 0 aliphatic carbocycles.